The molecule has 2 heterocycles. The number of amides is 1. The fourth-order valence-corrected chi connectivity index (χ4v) is 4.28. The highest BCUT2D eigenvalue weighted by Gasteiger charge is 2.37. The molecule has 2 aromatic carbocycles. The van der Waals surface area contributed by atoms with E-state index >= 15 is 0 Å². The third-order valence-electron chi connectivity index (χ3n) is 5.60. The molecule has 0 bridgehead atoms. The highest BCUT2D eigenvalue weighted by molar-refractivity contribution is 7.80. The number of thiocarbonyl (C=S) groups is 1. The number of hydrogen-bond acceptors (Lipinski definition) is 5. The van der Waals surface area contributed by atoms with Crippen molar-refractivity contribution in [1.82, 2.24) is 14.4 Å². The predicted octanol–water partition coefficient (Wildman–Crippen LogP) is 4.34. The number of carbonyl (C=O) groups excluding carboxylic acids is 2. The minimum Gasteiger partial charge on any atom is -0.492 e. The third kappa shape index (κ3) is 4.78. The Morgan fingerprint density at radius 2 is 1.88 bits per heavy atom. The van der Waals surface area contributed by atoms with Gasteiger partial charge in [0.05, 0.1) is 18.7 Å². The minimum absolute atomic E-state index is 0.130. The average molecular weight is 498 g/mol. The Bertz CT molecular complexity index is 1290. The first-order valence-corrected chi connectivity index (χ1v) is 11.5. The summed E-state index contributed by atoms with van der Waals surface area (Å²) >= 11 is 11.5. The van der Waals surface area contributed by atoms with Gasteiger partial charge >= 0.3 is 5.97 Å². The number of methoxy groups -OCH3 is 1. The van der Waals surface area contributed by atoms with E-state index in [0.717, 1.165) is 22.9 Å². The van der Waals surface area contributed by atoms with Gasteiger partial charge < -0.3 is 18.9 Å². The molecule has 7 nitrogen and oxygen atoms in total. The quantitative estimate of drug-likeness (QED) is 0.200. The van der Waals surface area contributed by atoms with E-state index in [0.29, 0.717) is 29.6 Å². The third-order valence-corrected chi connectivity index (χ3v) is 6.40. The maximum atomic E-state index is 12.9. The molecule has 0 spiro atoms. The normalized spacial score (nSPS) is 15.0. The van der Waals surface area contributed by atoms with Crippen LogP contribution in [0.5, 0.6) is 5.75 Å². The molecule has 1 saturated heterocycles. The summed E-state index contributed by atoms with van der Waals surface area (Å²) < 4.78 is 12.7. The number of nitrogens with zero attached hydrogens (tertiary/aromatic N) is 3. The Hall–Kier alpha value is -3.36. The molecular weight excluding hydrogens is 474 g/mol. The van der Waals surface area contributed by atoms with Gasteiger partial charge in [0.1, 0.15) is 18.0 Å². The van der Waals surface area contributed by atoms with Crippen LogP contribution in [0.3, 0.4) is 0 Å². The molecule has 0 saturated carbocycles. The summed E-state index contributed by atoms with van der Waals surface area (Å²) in [6, 6.07) is 15.4. The van der Waals surface area contributed by atoms with Crippen LogP contribution in [0.4, 0.5) is 0 Å². The number of carbonyl (C=O) groups is 2. The minimum atomic E-state index is -0.475. The van der Waals surface area contributed by atoms with Gasteiger partial charge in [0.2, 0.25) is 0 Å². The summed E-state index contributed by atoms with van der Waals surface area (Å²) in [6.45, 7) is 1.10. The van der Waals surface area contributed by atoms with Crippen LogP contribution in [0.1, 0.15) is 12.0 Å². The van der Waals surface area contributed by atoms with Crippen molar-refractivity contribution in [2.75, 3.05) is 27.3 Å². The summed E-state index contributed by atoms with van der Waals surface area (Å²) in [5.41, 5.74) is 2.23. The number of hydrogen-bond donors (Lipinski definition) is 0. The zero-order valence-corrected chi connectivity index (χ0v) is 20.4. The van der Waals surface area contributed by atoms with Crippen LogP contribution in [0.2, 0.25) is 5.02 Å². The van der Waals surface area contributed by atoms with E-state index in [-0.39, 0.29) is 17.6 Å². The summed E-state index contributed by atoms with van der Waals surface area (Å²) in [5, 5.41) is 1.85. The largest absolute Gasteiger partial charge is 0.492 e. The molecule has 1 fully saturated rings. The first-order chi connectivity index (χ1) is 16.4. The van der Waals surface area contributed by atoms with Gasteiger partial charge in [0.15, 0.2) is 5.11 Å². The van der Waals surface area contributed by atoms with Crippen molar-refractivity contribution >= 4 is 57.8 Å². The number of esters is 1. The van der Waals surface area contributed by atoms with Crippen molar-refractivity contribution in [3.05, 3.63) is 71.0 Å². The van der Waals surface area contributed by atoms with Crippen LogP contribution in [0.25, 0.3) is 17.0 Å². The van der Waals surface area contributed by atoms with Crippen LogP contribution in [-0.4, -0.2) is 58.7 Å². The second kappa shape index (κ2) is 10.3. The topological polar surface area (TPSA) is 64.0 Å². The van der Waals surface area contributed by atoms with E-state index in [9.17, 15) is 9.59 Å². The van der Waals surface area contributed by atoms with Gasteiger partial charge in [-0.05, 0) is 42.9 Å². The molecule has 0 N–H and O–H groups in total. The lowest BCUT2D eigenvalue weighted by atomic mass is 10.1. The van der Waals surface area contributed by atoms with Crippen LogP contribution in [-0.2, 0) is 20.9 Å². The molecule has 0 aliphatic carbocycles. The molecule has 1 aromatic heterocycles. The smallest absolute Gasteiger partial charge is 0.325 e. The molecule has 0 radical (unpaired) electrons. The molecular formula is C25H24ClN3O4S. The highest BCUT2D eigenvalue weighted by Crippen LogP contribution is 2.28. The molecule has 0 atom stereocenters. The lowest BCUT2D eigenvalue weighted by Crippen LogP contribution is -2.33. The number of aromatic nitrogens is 1. The molecule has 1 aliphatic rings. The number of likely N-dealkylation sites (N-methyl/N-ethyl adjacent to an activating group) is 1. The molecule has 1 amide bonds. The summed E-state index contributed by atoms with van der Waals surface area (Å²) in [7, 11) is 2.90. The molecule has 0 unspecified atom stereocenters. The monoisotopic (exact) mass is 497 g/mol. The van der Waals surface area contributed by atoms with Gasteiger partial charge in [-0.3, -0.25) is 14.5 Å². The van der Waals surface area contributed by atoms with Crippen molar-refractivity contribution in [3.8, 4) is 5.75 Å². The lowest BCUT2D eigenvalue weighted by molar-refractivity contribution is -0.140. The van der Waals surface area contributed by atoms with Crippen molar-refractivity contribution in [2.24, 2.45) is 0 Å². The second-order valence-corrected chi connectivity index (χ2v) is 8.54. The van der Waals surface area contributed by atoms with Crippen molar-refractivity contribution < 1.29 is 19.1 Å². The Kier molecular flexibility index (Phi) is 7.19. The highest BCUT2D eigenvalue weighted by atomic mass is 35.5. The number of para-hydroxylation sites is 2. The van der Waals surface area contributed by atoms with Gasteiger partial charge in [0, 0.05) is 36.3 Å². The van der Waals surface area contributed by atoms with Crippen LogP contribution in [0.15, 0.2) is 60.4 Å². The van der Waals surface area contributed by atoms with Gasteiger partial charge in [-0.1, -0.05) is 41.9 Å². The fraction of sp³-hybridized carbons (Fsp3) is 0.240. The maximum Gasteiger partial charge on any atom is 0.325 e. The van der Waals surface area contributed by atoms with Crippen LogP contribution >= 0.6 is 23.8 Å². The second-order valence-electron chi connectivity index (χ2n) is 7.77. The molecule has 176 valence electrons. The van der Waals surface area contributed by atoms with Crippen molar-refractivity contribution in [3.63, 3.8) is 0 Å². The summed E-state index contributed by atoms with van der Waals surface area (Å²) in [5.74, 6) is -0.0753. The number of aryl methyl sites for hydroxylation is 1. The molecule has 4 rings (SSSR count). The van der Waals surface area contributed by atoms with Crippen molar-refractivity contribution in [2.45, 2.75) is 13.0 Å². The maximum absolute atomic E-state index is 12.9. The van der Waals surface area contributed by atoms with Crippen LogP contribution < -0.4 is 4.74 Å². The standard InChI is InChI=1S/C25H24ClN3O4S/c1-27-24(31)21(29(25(27)34)16-23(30)32-2)14-17-15-28(20-10-5-3-8-18(17)20)12-7-13-33-22-11-6-4-9-19(22)26/h3-6,8-11,14-15H,7,12-13,16H2,1-2H3/b21-14-. The average Bonchev–Trinajstić information content (AvgIpc) is 3.29. The van der Waals surface area contributed by atoms with E-state index in [1.807, 2.05) is 48.7 Å². The summed E-state index contributed by atoms with van der Waals surface area (Å²) in [4.78, 5) is 27.6. The van der Waals surface area contributed by atoms with Gasteiger partial charge in [0.25, 0.3) is 5.91 Å². The zero-order valence-electron chi connectivity index (χ0n) is 18.9. The van der Waals surface area contributed by atoms with E-state index in [2.05, 4.69) is 4.57 Å². The SMILES string of the molecule is COC(=O)CN1C(=S)N(C)C(=O)/C1=C/c1cn(CCCOc2ccccc2Cl)c2ccccc12. The van der Waals surface area contributed by atoms with E-state index < -0.39 is 5.97 Å². The van der Waals surface area contributed by atoms with E-state index in [1.54, 1.807) is 19.2 Å². The summed E-state index contributed by atoms with van der Waals surface area (Å²) in [6.07, 6.45) is 4.54. The Morgan fingerprint density at radius 3 is 2.65 bits per heavy atom. The number of benzene rings is 2. The number of ether oxygens (including phenoxy) is 2. The lowest BCUT2D eigenvalue weighted by Gasteiger charge is -2.16. The van der Waals surface area contributed by atoms with E-state index in [4.69, 9.17) is 33.3 Å². The molecule has 3 aromatic rings. The zero-order chi connectivity index (χ0) is 24.2. The van der Waals surface area contributed by atoms with Crippen molar-refractivity contribution in [1.29, 1.82) is 0 Å². The van der Waals surface area contributed by atoms with Gasteiger partial charge in [-0.2, -0.15) is 0 Å². The van der Waals surface area contributed by atoms with Gasteiger partial charge in [-0.25, -0.2) is 0 Å². The predicted molar refractivity (Wildman–Crippen MR) is 136 cm³/mol. The molecule has 9 heteroatoms. The molecule has 1 aliphatic heterocycles. The first kappa shape index (κ1) is 23.8. The fourth-order valence-electron chi connectivity index (χ4n) is 3.85. The Morgan fingerprint density at radius 1 is 1.15 bits per heavy atom. The Balaban J connectivity index is 1.58. The van der Waals surface area contributed by atoms with E-state index in [1.165, 1.54) is 16.9 Å². The number of halogens is 1. The number of rotatable bonds is 8. The first-order valence-electron chi connectivity index (χ1n) is 10.7. The molecule has 34 heavy (non-hydrogen) atoms. The Labute approximate surface area is 208 Å². The van der Waals surface area contributed by atoms with Gasteiger partial charge in [-0.15, -0.1) is 0 Å². The van der Waals surface area contributed by atoms with Crippen LogP contribution in [0, 0.1) is 0 Å². The number of fused-ring (bicyclic) bond motifs is 1.